The minimum atomic E-state index is -4.56. The molecule has 1 aliphatic carbocycles. The number of hydrogen-bond donors (Lipinski definition) is 3. The number of amides is 3. The smallest absolute Gasteiger partial charge is 0.369 e. The van der Waals surface area contributed by atoms with Crippen LogP contribution >= 0.6 is 0 Å². The molecule has 4 N–H and O–H groups in total. The molecule has 0 aromatic heterocycles. The summed E-state index contributed by atoms with van der Waals surface area (Å²) in [5, 5.41) is 4.70. The number of para-hydroxylation sites is 1. The maximum Gasteiger partial charge on any atom is 0.418 e. The van der Waals surface area contributed by atoms with Gasteiger partial charge in [-0.05, 0) is 25.0 Å². The predicted molar refractivity (Wildman–Crippen MR) is 73.9 cm³/mol. The van der Waals surface area contributed by atoms with Crippen LogP contribution < -0.4 is 16.4 Å². The lowest BCUT2D eigenvalue weighted by Crippen LogP contribution is -2.44. The minimum Gasteiger partial charge on any atom is -0.369 e. The van der Waals surface area contributed by atoms with E-state index in [0.29, 0.717) is 12.8 Å². The molecule has 1 saturated carbocycles. The topological polar surface area (TPSA) is 84.2 Å². The first-order valence-corrected chi connectivity index (χ1v) is 6.82. The van der Waals surface area contributed by atoms with E-state index in [1.807, 2.05) is 0 Å². The summed E-state index contributed by atoms with van der Waals surface area (Å²) in [6.45, 7) is 0. The van der Waals surface area contributed by atoms with Gasteiger partial charge in [-0.1, -0.05) is 18.6 Å². The Morgan fingerprint density at radius 1 is 1.18 bits per heavy atom. The maximum atomic E-state index is 12.8. The van der Waals surface area contributed by atoms with Crippen LogP contribution in [0.2, 0.25) is 0 Å². The van der Waals surface area contributed by atoms with Crippen molar-refractivity contribution < 1.29 is 22.8 Å². The van der Waals surface area contributed by atoms with Gasteiger partial charge in [-0.3, -0.25) is 4.79 Å². The van der Waals surface area contributed by atoms with Gasteiger partial charge in [0.2, 0.25) is 5.91 Å². The molecule has 0 spiro atoms. The van der Waals surface area contributed by atoms with Crippen molar-refractivity contribution in [1.82, 2.24) is 5.32 Å². The lowest BCUT2D eigenvalue weighted by atomic mass is 10.0. The number of alkyl halides is 3. The van der Waals surface area contributed by atoms with E-state index < -0.39 is 35.6 Å². The van der Waals surface area contributed by atoms with Gasteiger partial charge in [-0.2, -0.15) is 13.2 Å². The van der Waals surface area contributed by atoms with E-state index in [9.17, 15) is 22.8 Å². The van der Waals surface area contributed by atoms with Crippen molar-refractivity contribution in [1.29, 1.82) is 0 Å². The van der Waals surface area contributed by atoms with E-state index in [1.54, 1.807) is 0 Å². The number of benzene rings is 1. The fraction of sp³-hybridized carbons (Fsp3) is 0.429. The van der Waals surface area contributed by atoms with Gasteiger partial charge in [0, 0.05) is 6.04 Å². The molecule has 1 aromatic carbocycles. The van der Waals surface area contributed by atoms with Crippen LogP contribution in [-0.4, -0.2) is 18.0 Å². The zero-order chi connectivity index (χ0) is 16.3. The van der Waals surface area contributed by atoms with Crippen LogP contribution in [0.1, 0.15) is 24.8 Å². The number of nitrogens with one attached hydrogen (secondary N) is 2. The van der Waals surface area contributed by atoms with Crippen LogP contribution in [0.3, 0.4) is 0 Å². The normalized spacial score (nSPS) is 21.4. The summed E-state index contributed by atoms with van der Waals surface area (Å²) in [6.07, 6.45) is -2.69. The van der Waals surface area contributed by atoms with Crippen molar-refractivity contribution in [2.45, 2.75) is 31.5 Å². The van der Waals surface area contributed by atoms with Crippen LogP contribution in [0, 0.1) is 5.92 Å². The van der Waals surface area contributed by atoms with Crippen molar-refractivity contribution in [3.05, 3.63) is 29.8 Å². The van der Waals surface area contributed by atoms with Gasteiger partial charge in [0.1, 0.15) is 0 Å². The number of carbonyl (C=O) groups is 2. The summed E-state index contributed by atoms with van der Waals surface area (Å²) < 4.78 is 38.5. The van der Waals surface area contributed by atoms with E-state index in [4.69, 9.17) is 5.73 Å². The van der Waals surface area contributed by atoms with Crippen LogP contribution in [0.4, 0.5) is 23.7 Å². The molecule has 0 heterocycles. The number of nitrogens with two attached hydrogens (primary N) is 1. The first-order valence-electron chi connectivity index (χ1n) is 6.82. The first kappa shape index (κ1) is 16.1. The zero-order valence-electron chi connectivity index (χ0n) is 11.6. The Morgan fingerprint density at radius 3 is 2.50 bits per heavy atom. The lowest BCUT2D eigenvalue weighted by Gasteiger charge is -2.19. The molecule has 2 atom stereocenters. The van der Waals surface area contributed by atoms with Gasteiger partial charge in [-0.15, -0.1) is 0 Å². The average Bonchev–Trinajstić information content (AvgIpc) is 2.86. The molecule has 8 heteroatoms. The molecule has 3 amide bonds. The second kappa shape index (κ2) is 6.25. The van der Waals surface area contributed by atoms with Crippen LogP contribution in [0.25, 0.3) is 0 Å². The van der Waals surface area contributed by atoms with E-state index in [0.717, 1.165) is 12.5 Å². The summed E-state index contributed by atoms with van der Waals surface area (Å²) >= 11 is 0. The quantitative estimate of drug-likeness (QED) is 0.800. The Bertz CT molecular complexity index is 575. The summed E-state index contributed by atoms with van der Waals surface area (Å²) in [5.41, 5.74) is 3.98. The van der Waals surface area contributed by atoms with Crippen LogP contribution in [0.15, 0.2) is 24.3 Å². The fourth-order valence-electron chi connectivity index (χ4n) is 2.64. The number of urea groups is 1. The standard InChI is InChI=1S/C14H16F3N3O2/c15-14(16,17)9-5-1-2-6-11(9)20-13(22)19-10-7-3-4-8(10)12(18)21/h1-2,5-6,8,10H,3-4,7H2,(H2,18,21)(H2,19,20,22)/t8-,10-/m0/s1. The maximum absolute atomic E-state index is 12.8. The lowest BCUT2D eigenvalue weighted by molar-refractivity contribution is -0.136. The van der Waals surface area contributed by atoms with E-state index in [1.165, 1.54) is 18.2 Å². The molecule has 0 radical (unpaired) electrons. The van der Waals surface area contributed by atoms with Crippen molar-refractivity contribution >= 4 is 17.6 Å². The average molecular weight is 315 g/mol. The Balaban J connectivity index is 2.06. The third-order valence-electron chi connectivity index (χ3n) is 3.68. The van der Waals surface area contributed by atoms with Crippen LogP contribution in [-0.2, 0) is 11.0 Å². The molecule has 0 saturated heterocycles. The number of anilines is 1. The third-order valence-corrected chi connectivity index (χ3v) is 3.68. The van der Waals surface area contributed by atoms with E-state index in [-0.39, 0.29) is 5.69 Å². The van der Waals surface area contributed by atoms with E-state index in [2.05, 4.69) is 10.6 Å². The minimum absolute atomic E-state index is 0.332. The highest BCUT2D eigenvalue weighted by molar-refractivity contribution is 5.91. The number of primary amides is 1. The Hall–Kier alpha value is -2.25. The first-order chi connectivity index (χ1) is 10.3. The molecule has 120 valence electrons. The summed E-state index contributed by atoms with van der Waals surface area (Å²) in [6, 6.07) is 3.46. The van der Waals surface area contributed by atoms with Crippen molar-refractivity contribution in [3.8, 4) is 0 Å². The molecular weight excluding hydrogens is 299 g/mol. The largest absolute Gasteiger partial charge is 0.418 e. The predicted octanol–water partition coefficient (Wildman–Crippen LogP) is 2.48. The van der Waals surface area contributed by atoms with Gasteiger partial charge >= 0.3 is 12.2 Å². The van der Waals surface area contributed by atoms with Crippen molar-refractivity contribution in [2.24, 2.45) is 11.7 Å². The highest BCUT2D eigenvalue weighted by Crippen LogP contribution is 2.34. The molecule has 5 nitrogen and oxygen atoms in total. The Labute approximate surface area is 125 Å². The third kappa shape index (κ3) is 3.69. The Kier molecular flexibility index (Phi) is 4.58. The SMILES string of the molecule is NC(=O)[C@H]1CCC[C@@H]1NC(=O)Nc1ccccc1C(F)(F)F. The molecule has 0 aliphatic heterocycles. The van der Waals surface area contributed by atoms with E-state index >= 15 is 0 Å². The van der Waals surface area contributed by atoms with Gasteiger partial charge < -0.3 is 16.4 Å². The molecule has 1 aromatic rings. The summed E-state index contributed by atoms with van der Waals surface area (Å²) in [4.78, 5) is 23.1. The highest BCUT2D eigenvalue weighted by atomic mass is 19.4. The monoisotopic (exact) mass is 315 g/mol. The van der Waals surface area contributed by atoms with Gasteiger partial charge in [-0.25, -0.2) is 4.79 Å². The van der Waals surface area contributed by atoms with Crippen molar-refractivity contribution in [2.75, 3.05) is 5.32 Å². The fourth-order valence-corrected chi connectivity index (χ4v) is 2.64. The molecule has 0 bridgehead atoms. The number of carbonyl (C=O) groups excluding carboxylic acids is 2. The second-order valence-electron chi connectivity index (χ2n) is 5.19. The molecule has 1 aliphatic rings. The molecule has 0 unspecified atom stereocenters. The number of hydrogen-bond acceptors (Lipinski definition) is 2. The Morgan fingerprint density at radius 2 is 1.86 bits per heavy atom. The second-order valence-corrected chi connectivity index (χ2v) is 5.19. The molecule has 1 fully saturated rings. The highest BCUT2D eigenvalue weighted by Gasteiger charge is 2.35. The number of halogens is 3. The van der Waals surface area contributed by atoms with Crippen LogP contribution in [0.5, 0.6) is 0 Å². The van der Waals surface area contributed by atoms with Gasteiger partial charge in [0.15, 0.2) is 0 Å². The molecule has 22 heavy (non-hydrogen) atoms. The summed E-state index contributed by atoms with van der Waals surface area (Å²) in [5.74, 6) is -0.998. The van der Waals surface area contributed by atoms with Gasteiger partial charge in [0.05, 0.1) is 17.2 Å². The van der Waals surface area contributed by atoms with Gasteiger partial charge in [0.25, 0.3) is 0 Å². The van der Waals surface area contributed by atoms with Crippen molar-refractivity contribution in [3.63, 3.8) is 0 Å². The molecular formula is C14H16F3N3O2. The summed E-state index contributed by atoms with van der Waals surface area (Å²) in [7, 11) is 0. The number of rotatable bonds is 3. The zero-order valence-corrected chi connectivity index (χ0v) is 11.6. The molecule has 2 rings (SSSR count).